The second-order valence-electron chi connectivity index (χ2n) is 7.73. The number of nitrogens with zero attached hydrogens (tertiary/aromatic N) is 3. The highest BCUT2D eigenvalue weighted by atomic mass is 32.2. The number of carbonyl (C=O) groups is 1. The van der Waals surface area contributed by atoms with Gasteiger partial charge in [0.2, 0.25) is 0 Å². The van der Waals surface area contributed by atoms with Crippen molar-refractivity contribution in [1.29, 1.82) is 0 Å². The van der Waals surface area contributed by atoms with Crippen LogP contribution in [0.1, 0.15) is 23.7 Å². The Labute approximate surface area is 190 Å². The zero-order valence-corrected chi connectivity index (χ0v) is 18.5. The summed E-state index contributed by atoms with van der Waals surface area (Å²) in [7, 11) is 1.41. The Morgan fingerprint density at radius 1 is 1.22 bits per heavy atom. The number of thioether (sulfide) groups is 1. The third-order valence-electron chi connectivity index (χ3n) is 5.70. The van der Waals surface area contributed by atoms with E-state index in [1.165, 1.54) is 18.9 Å². The van der Waals surface area contributed by atoms with Crippen LogP contribution in [0.5, 0.6) is 0 Å². The topological polar surface area (TPSA) is 82.0 Å². The Morgan fingerprint density at radius 3 is 2.81 bits per heavy atom. The van der Waals surface area contributed by atoms with Gasteiger partial charge < -0.3 is 14.5 Å². The van der Waals surface area contributed by atoms with E-state index < -0.39 is 5.25 Å². The summed E-state index contributed by atoms with van der Waals surface area (Å²) in [5.41, 5.74) is 2.89. The van der Waals surface area contributed by atoms with E-state index in [1.807, 2.05) is 54.7 Å². The third-order valence-corrected chi connectivity index (χ3v) is 6.91. The van der Waals surface area contributed by atoms with E-state index in [2.05, 4.69) is 25.8 Å². The summed E-state index contributed by atoms with van der Waals surface area (Å²) < 4.78 is 13.1. The lowest BCUT2D eigenvalue weighted by Crippen LogP contribution is -2.18. The molecule has 2 unspecified atom stereocenters. The minimum Gasteiger partial charge on any atom is -0.468 e. The summed E-state index contributed by atoms with van der Waals surface area (Å²) >= 11 is 1.36. The Bertz CT molecular complexity index is 1210. The maximum absolute atomic E-state index is 12.7. The van der Waals surface area contributed by atoms with Crippen LogP contribution in [0, 0.1) is 0 Å². The van der Waals surface area contributed by atoms with Crippen molar-refractivity contribution in [3.63, 3.8) is 0 Å². The lowest BCUT2D eigenvalue weighted by Gasteiger charge is -2.17. The second kappa shape index (κ2) is 9.18. The maximum Gasteiger partial charge on any atom is 0.323 e. The van der Waals surface area contributed by atoms with Crippen LogP contribution in [0.15, 0.2) is 66.0 Å². The highest BCUT2D eigenvalue weighted by Crippen LogP contribution is 2.38. The number of rotatable bonds is 7. The zero-order valence-electron chi connectivity index (χ0n) is 17.7. The van der Waals surface area contributed by atoms with Gasteiger partial charge in [0.15, 0.2) is 11.0 Å². The van der Waals surface area contributed by atoms with E-state index in [1.54, 1.807) is 0 Å². The van der Waals surface area contributed by atoms with Crippen LogP contribution in [0.4, 0.5) is 0 Å². The van der Waals surface area contributed by atoms with Crippen LogP contribution >= 0.6 is 11.8 Å². The first-order chi connectivity index (χ1) is 15.7. The maximum atomic E-state index is 12.7. The van der Waals surface area contributed by atoms with Gasteiger partial charge in [-0.1, -0.05) is 60.3 Å². The van der Waals surface area contributed by atoms with Crippen molar-refractivity contribution in [2.24, 2.45) is 0 Å². The van der Waals surface area contributed by atoms with Crippen LogP contribution in [0.3, 0.4) is 0 Å². The standard InChI is InChI=1S/C24H24N4O3S/c1-30-23(29)21(16-8-3-2-4-9-16)32-24-27-26-22(28(24)15-17-10-7-13-31-17)19-14-25-20-12-6-5-11-18(19)20/h2-6,8-9,11-12,14,17,21,25H,7,10,13,15H2,1H3. The lowest BCUT2D eigenvalue weighted by molar-refractivity contribution is -0.140. The van der Waals surface area contributed by atoms with Crippen molar-refractivity contribution >= 4 is 28.6 Å². The number of hydrogen-bond acceptors (Lipinski definition) is 6. The Kier molecular flexibility index (Phi) is 5.96. The average Bonchev–Trinajstić information content (AvgIpc) is 3.58. The zero-order chi connectivity index (χ0) is 21.9. The molecule has 0 radical (unpaired) electrons. The number of fused-ring (bicyclic) bond motifs is 1. The van der Waals surface area contributed by atoms with E-state index in [-0.39, 0.29) is 12.1 Å². The van der Waals surface area contributed by atoms with Crippen molar-refractivity contribution in [3.05, 3.63) is 66.4 Å². The van der Waals surface area contributed by atoms with Crippen LogP contribution < -0.4 is 0 Å². The van der Waals surface area contributed by atoms with Crippen LogP contribution in [-0.4, -0.2) is 45.5 Å². The molecule has 1 N–H and O–H groups in total. The van der Waals surface area contributed by atoms with Crippen molar-refractivity contribution in [2.45, 2.75) is 35.9 Å². The van der Waals surface area contributed by atoms with E-state index >= 15 is 0 Å². The summed E-state index contributed by atoms with van der Waals surface area (Å²) in [4.78, 5) is 16.0. The van der Waals surface area contributed by atoms with Gasteiger partial charge in [-0.2, -0.15) is 0 Å². The molecule has 7 nitrogen and oxygen atoms in total. The quantitative estimate of drug-likeness (QED) is 0.328. The van der Waals surface area contributed by atoms with Gasteiger partial charge in [-0.3, -0.25) is 9.36 Å². The molecule has 0 spiro atoms. The van der Waals surface area contributed by atoms with Gasteiger partial charge in [-0.15, -0.1) is 10.2 Å². The molecule has 4 aromatic rings. The predicted octanol–water partition coefficient (Wildman–Crippen LogP) is 4.61. The summed E-state index contributed by atoms with van der Waals surface area (Å²) in [5, 5.41) is 10.3. The number of esters is 1. The first-order valence-corrected chi connectivity index (χ1v) is 11.5. The number of para-hydroxylation sites is 1. The summed E-state index contributed by atoms with van der Waals surface area (Å²) in [6.07, 6.45) is 4.10. The van der Waals surface area contributed by atoms with Crippen LogP contribution in [0.2, 0.25) is 0 Å². The Morgan fingerprint density at radius 2 is 2.03 bits per heavy atom. The number of carbonyl (C=O) groups excluding carboxylic acids is 1. The molecule has 5 rings (SSSR count). The number of aromatic nitrogens is 4. The number of ether oxygens (including phenoxy) is 2. The van der Waals surface area contributed by atoms with Crippen molar-refractivity contribution in [1.82, 2.24) is 19.7 Å². The molecule has 0 saturated carbocycles. The molecule has 2 atom stereocenters. The van der Waals surface area contributed by atoms with E-state index in [0.29, 0.717) is 11.7 Å². The summed E-state index contributed by atoms with van der Waals surface area (Å²) in [5.74, 6) is 0.443. The van der Waals surface area contributed by atoms with Crippen LogP contribution in [0.25, 0.3) is 22.3 Å². The Hall–Kier alpha value is -3.10. The smallest absolute Gasteiger partial charge is 0.323 e. The minimum absolute atomic E-state index is 0.0996. The van der Waals surface area contributed by atoms with Crippen LogP contribution in [-0.2, 0) is 20.8 Å². The highest BCUT2D eigenvalue weighted by Gasteiger charge is 2.29. The van der Waals surface area contributed by atoms with Gasteiger partial charge in [0.25, 0.3) is 0 Å². The molecule has 164 valence electrons. The number of nitrogens with one attached hydrogen (secondary N) is 1. The van der Waals surface area contributed by atoms with E-state index in [9.17, 15) is 4.79 Å². The molecule has 1 aliphatic heterocycles. The predicted molar refractivity (Wildman–Crippen MR) is 123 cm³/mol. The lowest BCUT2D eigenvalue weighted by atomic mass is 10.1. The third kappa shape index (κ3) is 4.03. The normalized spacial score (nSPS) is 17.0. The molecule has 32 heavy (non-hydrogen) atoms. The fourth-order valence-electron chi connectivity index (χ4n) is 4.08. The van der Waals surface area contributed by atoms with Gasteiger partial charge in [0.05, 0.1) is 19.8 Å². The highest BCUT2D eigenvalue weighted by molar-refractivity contribution is 8.00. The molecule has 0 bridgehead atoms. The summed E-state index contributed by atoms with van der Waals surface area (Å²) in [6, 6.07) is 17.7. The number of methoxy groups -OCH3 is 1. The van der Waals surface area contributed by atoms with Gasteiger partial charge in [0.1, 0.15) is 5.25 Å². The number of benzene rings is 2. The SMILES string of the molecule is COC(=O)C(Sc1nnc(-c2c[nH]c3ccccc23)n1CC1CCCO1)c1ccccc1. The van der Waals surface area contributed by atoms with E-state index in [0.717, 1.165) is 47.3 Å². The van der Waals surface area contributed by atoms with Crippen molar-refractivity contribution in [2.75, 3.05) is 13.7 Å². The van der Waals surface area contributed by atoms with Gasteiger partial charge in [-0.25, -0.2) is 0 Å². The number of hydrogen-bond donors (Lipinski definition) is 1. The first-order valence-electron chi connectivity index (χ1n) is 10.7. The minimum atomic E-state index is -0.538. The van der Waals surface area contributed by atoms with Gasteiger partial charge >= 0.3 is 5.97 Å². The van der Waals surface area contributed by atoms with E-state index in [4.69, 9.17) is 9.47 Å². The number of H-pyrrole nitrogens is 1. The molecular weight excluding hydrogens is 424 g/mol. The van der Waals surface area contributed by atoms with Gasteiger partial charge in [0, 0.05) is 29.3 Å². The average molecular weight is 449 g/mol. The molecule has 1 fully saturated rings. The molecule has 1 saturated heterocycles. The Balaban J connectivity index is 1.56. The molecule has 0 aliphatic carbocycles. The number of aromatic amines is 1. The molecule has 2 aromatic carbocycles. The second-order valence-corrected chi connectivity index (χ2v) is 8.80. The summed E-state index contributed by atoms with van der Waals surface area (Å²) in [6.45, 7) is 1.40. The monoisotopic (exact) mass is 448 g/mol. The molecule has 2 aromatic heterocycles. The fourth-order valence-corrected chi connectivity index (χ4v) is 5.15. The van der Waals surface area contributed by atoms with Crippen molar-refractivity contribution < 1.29 is 14.3 Å². The van der Waals surface area contributed by atoms with Crippen molar-refractivity contribution in [3.8, 4) is 11.4 Å². The molecule has 1 aliphatic rings. The molecule has 3 heterocycles. The molecule has 8 heteroatoms. The largest absolute Gasteiger partial charge is 0.468 e. The molecule has 0 amide bonds. The first kappa shape index (κ1) is 20.8. The molecular formula is C24H24N4O3S. The fraction of sp³-hybridized carbons (Fsp3) is 0.292. The van der Waals surface area contributed by atoms with Gasteiger partial charge in [-0.05, 0) is 24.5 Å².